The van der Waals surface area contributed by atoms with Gasteiger partial charge in [0.25, 0.3) is 10.0 Å². The quantitative estimate of drug-likeness (QED) is 0.850. The van der Waals surface area contributed by atoms with Gasteiger partial charge in [0, 0.05) is 7.05 Å². The number of hydrogen-bond acceptors (Lipinski definition) is 3. The number of nitrogens with zero attached hydrogens (tertiary/aromatic N) is 2. The molecule has 2 aromatic carbocycles. The Labute approximate surface area is 136 Å². The fraction of sp³-hybridized carbons (Fsp3) is 0.235. The molecule has 0 N–H and O–H groups in total. The molecule has 5 nitrogen and oxygen atoms in total. The van der Waals surface area contributed by atoms with Crippen LogP contribution in [0.5, 0.6) is 0 Å². The number of hydrogen-bond donors (Lipinski definition) is 0. The van der Waals surface area contributed by atoms with Crippen molar-refractivity contribution in [3.8, 4) is 0 Å². The lowest BCUT2D eigenvalue weighted by molar-refractivity contribution is -0.117. The van der Waals surface area contributed by atoms with Gasteiger partial charge in [-0.1, -0.05) is 24.3 Å². The smallest absolute Gasteiger partial charge is 0.265 e. The van der Waals surface area contributed by atoms with Crippen molar-refractivity contribution in [2.75, 3.05) is 22.8 Å². The van der Waals surface area contributed by atoms with E-state index in [2.05, 4.69) is 0 Å². The number of aryl methyl sites for hydroxylation is 2. The summed E-state index contributed by atoms with van der Waals surface area (Å²) >= 11 is 0. The van der Waals surface area contributed by atoms with Crippen LogP contribution in [-0.4, -0.2) is 27.9 Å². The molecule has 6 heteroatoms. The third-order valence-electron chi connectivity index (χ3n) is 4.08. The second-order valence-electron chi connectivity index (χ2n) is 5.72. The first-order valence-electron chi connectivity index (χ1n) is 7.28. The lowest BCUT2D eigenvalue weighted by Gasteiger charge is -2.34. The zero-order valence-corrected chi connectivity index (χ0v) is 14.1. The first-order chi connectivity index (χ1) is 10.8. The number of anilines is 2. The maximum atomic E-state index is 13.1. The van der Waals surface area contributed by atoms with E-state index in [-0.39, 0.29) is 17.3 Å². The number of fused-ring (bicyclic) bond motifs is 1. The van der Waals surface area contributed by atoms with Crippen molar-refractivity contribution in [1.82, 2.24) is 0 Å². The van der Waals surface area contributed by atoms with E-state index in [1.54, 1.807) is 50.4 Å². The zero-order valence-electron chi connectivity index (χ0n) is 13.3. The number of para-hydroxylation sites is 2. The lowest BCUT2D eigenvalue weighted by Crippen LogP contribution is -2.46. The predicted molar refractivity (Wildman–Crippen MR) is 90.3 cm³/mol. The summed E-state index contributed by atoms with van der Waals surface area (Å²) in [6.07, 6.45) is 0. The minimum Gasteiger partial charge on any atom is -0.312 e. The fourth-order valence-electron chi connectivity index (χ4n) is 2.73. The van der Waals surface area contributed by atoms with Gasteiger partial charge < -0.3 is 4.90 Å². The van der Waals surface area contributed by atoms with E-state index in [0.29, 0.717) is 16.9 Å². The number of carbonyl (C=O) groups is 1. The monoisotopic (exact) mass is 330 g/mol. The maximum absolute atomic E-state index is 13.1. The van der Waals surface area contributed by atoms with E-state index in [4.69, 9.17) is 0 Å². The summed E-state index contributed by atoms with van der Waals surface area (Å²) in [6, 6.07) is 12.3. The molecule has 0 atom stereocenters. The molecule has 0 aromatic heterocycles. The van der Waals surface area contributed by atoms with E-state index in [1.165, 1.54) is 9.21 Å². The molecular formula is C17H18N2O3S. The maximum Gasteiger partial charge on any atom is 0.265 e. The van der Waals surface area contributed by atoms with Gasteiger partial charge in [-0.15, -0.1) is 0 Å². The van der Waals surface area contributed by atoms with Gasteiger partial charge in [0.2, 0.25) is 5.91 Å². The number of rotatable bonds is 2. The lowest BCUT2D eigenvalue weighted by atomic mass is 10.2. The third-order valence-corrected chi connectivity index (χ3v) is 5.98. The van der Waals surface area contributed by atoms with Crippen molar-refractivity contribution in [3.05, 3.63) is 53.6 Å². The Balaban J connectivity index is 2.20. The minimum absolute atomic E-state index is 0.191. The number of carbonyl (C=O) groups excluding carboxylic acids is 1. The van der Waals surface area contributed by atoms with Gasteiger partial charge in [-0.25, -0.2) is 8.42 Å². The SMILES string of the molecule is Cc1ccc(C)c(S(=O)(=O)N2CC(=O)N(C)c3ccccc32)c1. The summed E-state index contributed by atoms with van der Waals surface area (Å²) in [5.74, 6) is -0.252. The topological polar surface area (TPSA) is 57.7 Å². The Morgan fingerprint density at radius 1 is 1.00 bits per heavy atom. The van der Waals surface area contributed by atoms with Crippen LogP contribution in [0.3, 0.4) is 0 Å². The molecule has 0 aliphatic carbocycles. The Kier molecular flexibility index (Phi) is 3.64. The molecule has 1 aliphatic rings. The van der Waals surface area contributed by atoms with Gasteiger partial charge in [-0.3, -0.25) is 9.10 Å². The highest BCUT2D eigenvalue weighted by molar-refractivity contribution is 7.93. The van der Waals surface area contributed by atoms with Crippen LogP contribution < -0.4 is 9.21 Å². The van der Waals surface area contributed by atoms with Crippen LogP contribution >= 0.6 is 0 Å². The summed E-state index contributed by atoms with van der Waals surface area (Å²) in [6.45, 7) is 3.42. The molecule has 1 heterocycles. The van der Waals surface area contributed by atoms with Crippen molar-refractivity contribution in [3.63, 3.8) is 0 Å². The Hall–Kier alpha value is -2.34. The van der Waals surface area contributed by atoms with E-state index >= 15 is 0 Å². The van der Waals surface area contributed by atoms with Gasteiger partial charge in [0.05, 0.1) is 16.3 Å². The summed E-state index contributed by atoms with van der Waals surface area (Å²) in [4.78, 5) is 13.9. The van der Waals surface area contributed by atoms with Crippen LogP contribution in [0.15, 0.2) is 47.4 Å². The molecule has 0 saturated heterocycles. The summed E-state index contributed by atoms with van der Waals surface area (Å²) in [7, 11) is -2.14. The largest absolute Gasteiger partial charge is 0.312 e. The molecule has 1 amide bonds. The molecule has 0 bridgehead atoms. The Morgan fingerprint density at radius 3 is 2.35 bits per heavy atom. The number of benzene rings is 2. The summed E-state index contributed by atoms with van der Waals surface area (Å²) in [5.41, 5.74) is 2.65. The summed E-state index contributed by atoms with van der Waals surface area (Å²) in [5, 5.41) is 0. The Bertz CT molecular complexity index is 890. The highest BCUT2D eigenvalue weighted by Crippen LogP contribution is 2.36. The second kappa shape index (κ2) is 5.38. The van der Waals surface area contributed by atoms with Crippen LogP contribution in [-0.2, 0) is 14.8 Å². The van der Waals surface area contributed by atoms with E-state index < -0.39 is 10.0 Å². The third kappa shape index (κ3) is 2.49. The van der Waals surface area contributed by atoms with Gasteiger partial charge in [0.15, 0.2) is 0 Å². The average molecular weight is 330 g/mol. The number of likely N-dealkylation sites (N-methyl/N-ethyl adjacent to an activating group) is 1. The minimum atomic E-state index is -3.80. The molecular weight excluding hydrogens is 312 g/mol. The van der Waals surface area contributed by atoms with E-state index in [9.17, 15) is 13.2 Å². The van der Waals surface area contributed by atoms with Crippen molar-refractivity contribution in [1.29, 1.82) is 0 Å². The zero-order chi connectivity index (χ0) is 16.8. The van der Waals surface area contributed by atoms with Crippen LogP contribution in [0.4, 0.5) is 11.4 Å². The molecule has 120 valence electrons. The van der Waals surface area contributed by atoms with Crippen molar-refractivity contribution in [2.24, 2.45) is 0 Å². The van der Waals surface area contributed by atoms with Crippen LogP contribution in [0.1, 0.15) is 11.1 Å². The molecule has 0 saturated carbocycles. The Morgan fingerprint density at radius 2 is 1.65 bits per heavy atom. The average Bonchev–Trinajstić information content (AvgIpc) is 2.53. The number of amides is 1. The number of sulfonamides is 1. The molecule has 0 spiro atoms. The first kappa shape index (κ1) is 15.6. The van der Waals surface area contributed by atoms with Crippen LogP contribution in [0, 0.1) is 13.8 Å². The molecule has 23 heavy (non-hydrogen) atoms. The predicted octanol–water partition coefficient (Wildman–Crippen LogP) is 2.48. The van der Waals surface area contributed by atoms with Gasteiger partial charge in [0.1, 0.15) is 6.54 Å². The van der Waals surface area contributed by atoms with Crippen molar-refractivity contribution in [2.45, 2.75) is 18.7 Å². The van der Waals surface area contributed by atoms with Gasteiger partial charge >= 0.3 is 0 Å². The summed E-state index contributed by atoms with van der Waals surface area (Å²) < 4.78 is 27.5. The molecule has 2 aromatic rings. The molecule has 0 fully saturated rings. The van der Waals surface area contributed by atoms with Crippen molar-refractivity contribution >= 4 is 27.3 Å². The van der Waals surface area contributed by atoms with Gasteiger partial charge in [-0.05, 0) is 43.2 Å². The van der Waals surface area contributed by atoms with E-state index in [0.717, 1.165) is 5.56 Å². The van der Waals surface area contributed by atoms with Crippen molar-refractivity contribution < 1.29 is 13.2 Å². The molecule has 0 radical (unpaired) electrons. The highest BCUT2D eigenvalue weighted by Gasteiger charge is 2.35. The van der Waals surface area contributed by atoms with Gasteiger partial charge in [-0.2, -0.15) is 0 Å². The second-order valence-corrected chi connectivity index (χ2v) is 7.55. The fourth-order valence-corrected chi connectivity index (χ4v) is 4.47. The first-order valence-corrected chi connectivity index (χ1v) is 8.72. The van der Waals surface area contributed by atoms with Crippen LogP contribution in [0.2, 0.25) is 0 Å². The van der Waals surface area contributed by atoms with Crippen LogP contribution in [0.25, 0.3) is 0 Å². The highest BCUT2D eigenvalue weighted by atomic mass is 32.2. The molecule has 0 unspecified atom stereocenters. The molecule has 1 aliphatic heterocycles. The molecule has 3 rings (SSSR count). The standard InChI is InChI=1S/C17H18N2O3S/c1-12-8-9-13(2)16(10-12)23(21,22)19-11-17(20)18(3)14-6-4-5-7-15(14)19/h4-10H,11H2,1-3H3. The van der Waals surface area contributed by atoms with E-state index in [1.807, 2.05) is 13.0 Å². The normalized spacial score (nSPS) is 14.8.